The number of amides is 1. The summed E-state index contributed by atoms with van der Waals surface area (Å²) in [6.07, 6.45) is 10.8. The summed E-state index contributed by atoms with van der Waals surface area (Å²) in [5.41, 5.74) is 0. The Bertz CT molecular complexity index is 384. The molecule has 2 unspecified atom stereocenters. The van der Waals surface area contributed by atoms with E-state index in [-0.39, 0.29) is 23.7 Å². The normalized spacial score (nSPS) is 24.0. The molecule has 0 radical (unpaired) electrons. The van der Waals surface area contributed by atoms with Crippen LogP contribution < -0.4 is 5.11 Å². The number of rotatable bonds is 12. The molecule has 1 aliphatic heterocycles. The molecule has 0 bridgehead atoms. The molecule has 5 heteroatoms. The molecule has 1 N–H and O–H groups in total. The molecular formula is C18H34N2O3. The number of hydrogen-bond acceptors (Lipinski definition) is 4. The van der Waals surface area contributed by atoms with Crippen molar-refractivity contribution >= 4 is 11.9 Å². The zero-order valence-electron chi connectivity index (χ0n) is 14.9. The minimum absolute atomic E-state index is 0.00647. The number of carboxylic acid groups (broad SMARTS) is 1. The number of aliphatic imine (C=N–C) groups is 1. The second-order valence-electron chi connectivity index (χ2n) is 6.84. The fourth-order valence-corrected chi connectivity index (χ4v) is 3.50. The number of carbonyl (C=O) groups excluding carboxylic acids is 1. The quantitative estimate of drug-likeness (QED) is 0.443. The molecule has 0 aromatic rings. The Balaban J connectivity index is 2.29. The number of quaternary nitrogens is 1. The van der Waals surface area contributed by atoms with Gasteiger partial charge in [0.05, 0.1) is 6.61 Å². The molecule has 134 valence electrons. The van der Waals surface area contributed by atoms with Gasteiger partial charge in [0.2, 0.25) is 5.84 Å². The van der Waals surface area contributed by atoms with E-state index in [0.29, 0.717) is 18.8 Å². The Hall–Kier alpha value is -0.940. The van der Waals surface area contributed by atoms with Crippen LogP contribution in [-0.2, 0) is 0 Å². The molecule has 23 heavy (non-hydrogen) atoms. The summed E-state index contributed by atoms with van der Waals surface area (Å²) >= 11 is 0. The highest BCUT2D eigenvalue weighted by atomic mass is 16.4. The summed E-state index contributed by atoms with van der Waals surface area (Å²) in [6.45, 7) is 4.58. The number of hydrogen-bond donors (Lipinski definition) is 1. The Morgan fingerprint density at radius 2 is 1.74 bits per heavy atom. The largest absolute Gasteiger partial charge is 0.498 e. The number of amidine groups is 1. The maximum absolute atomic E-state index is 11.6. The second kappa shape index (κ2) is 10.8. The summed E-state index contributed by atoms with van der Waals surface area (Å²) in [4.78, 5) is 16.1. The van der Waals surface area contributed by atoms with E-state index in [9.17, 15) is 15.0 Å². The summed E-state index contributed by atoms with van der Waals surface area (Å²) in [6, 6.07) is -0.00647. The highest BCUT2D eigenvalue weighted by molar-refractivity contribution is 5.85. The maximum atomic E-state index is 11.6. The fraction of sp³-hybridized carbons (Fsp3) is 0.889. The zero-order chi connectivity index (χ0) is 17.1. The van der Waals surface area contributed by atoms with Gasteiger partial charge in [0.25, 0.3) is 6.09 Å². The third-order valence-electron chi connectivity index (χ3n) is 4.77. The first-order valence-electron chi connectivity index (χ1n) is 9.33. The summed E-state index contributed by atoms with van der Waals surface area (Å²) in [7, 11) is 0. The van der Waals surface area contributed by atoms with Crippen molar-refractivity contribution in [2.24, 2.45) is 4.99 Å². The van der Waals surface area contributed by atoms with Gasteiger partial charge < -0.3 is 15.0 Å². The molecule has 0 fully saturated rings. The van der Waals surface area contributed by atoms with E-state index in [1.807, 2.05) is 6.92 Å². The van der Waals surface area contributed by atoms with Crippen molar-refractivity contribution in [3.05, 3.63) is 0 Å². The van der Waals surface area contributed by atoms with Crippen LogP contribution in [0.2, 0.25) is 0 Å². The number of aliphatic hydroxyl groups is 1. The van der Waals surface area contributed by atoms with Gasteiger partial charge in [-0.1, -0.05) is 58.3 Å². The third-order valence-corrected chi connectivity index (χ3v) is 4.77. The predicted octanol–water partition coefficient (Wildman–Crippen LogP) is 2.86. The van der Waals surface area contributed by atoms with Crippen LogP contribution >= 0.6 is 0 Å². The fourth-order valence-electron chi connectivity index (χ4n) is 3.50. The predicted molar refractivity (Wildman–Crippen MR) is 91.2 cm³/mol. The standard InChI is InChI=1S/C18H34N2O3/c1-3-4-5-6-7-8-9-10-11-12-17-19-16(2)15-20(17,13-14-21)18(22)23/h16,21H,3-15H2,1-2H3. The van der Waals surface area contributed by atoms with Crippen molar-refractivity contribution in [2.75, 3.05) is 19.7 Å². The molecule has 1 heterocycles. The zero-order valence-corrected chi connectivity index (χ0v) is 14.9. The highest BCUT2D eigenvalue weighted by Crippen LogP contribution is 2.23. The highest BCUT2D eigenvalue weighted by Gasteiger charge is 2.42. The first-order chi connectivity index (χ1) is 11.1. The van der Waals surface area contributed by atoms with Crippen LogP contribution in [0, 0.1) is 0 Å². The lowest BCUT2D eigenvalue weighted by Crippen LogP contribution is -2.62. The van der Waals surface area contributed by atoms with Gasteiger partial charge in [0.15, 0.2) is 0 Å². The van der Waals surface area contributed by atoms with Crippen molar-refractivity contribution in [3.8, 4) is 0 Å². The van der Waals surface area contributed by atoms with Crippen LogP contribution in [0.4, 0.5) is 4.79 Å². The van der Waals surface area contributed by atoms with Gasteiger partial charge >= 0.3 is 0 Å². The van der Waals surface area contributed by atoms with Gasteiger partial charge in [-0.3, -0.25) is 0 Å². The van der Waals surface area contributed by atoms with Crippen molar-refractivity contribution in [1.29, 1.82) is 0 Å². The molecule has 1 aliphatic rings. The van der Waals surface area contributed by atoms with Crippen molar-refractivity contribution in [2.45, 2.75) is 84.1 Å². The molecule has 0 aromatic heterocycles. The third kappa shape index (κ3) is 6.22. The monoisotopic (exact) mass is 326 g/mol. The van der Waals surface area contributed by atoms with E-state index in [2.05, 4.69) is 11.9 Å². The van der Waals surface area contributed by atoms with E-state index in [1.54, 1.807) is 0 Å². The number of unbranched alkanes of at least 4 members (excludes halogenated alkanes) is 8. The van der Waals surface area contributed by atoms with Gasteiger partial charge in [-0.2, -0.15) is 0 Å². The summed E-state index contributed by atoms with van der Waals surface area (Å²) in [5, 5.41) is 20.8. The summed E-state index contributed by atoms with van der Waals surface area (Å²) < 4.78 is -0.269. The van der Waals surface area contributed by atoms with Crippen LogP contribution in [0.15, 0.2) is 4.99 Å². The Morgan fingerprint density at radius 1 is 1.17 bits per heavy atom. The summed E-state index contributed by atoms with van der Waals surface area (Å²) in [5.74, 6) is 0.689. The average Bonchev–Trinajstić information content (AvgIpc) is 2.83. The molecule has 0 aromatic carbocycles. The first-order valence-corrected chi connectivity index (χ1v) is 9.33. The van der Waals surface area contributed by atoms with Crippen molar-refractivity contribution < 1.29 is 19.5 Å². The van der Waals surface area contributed by atoms with Crippen molar-refractivity contribution in [3.63, 3.8) is 0 Å². The molecule has 0 saturated carbocycles. The number of nitrogens with zero attached hydrogens (tertiary/aromatic N) is 2. The number of aliphatic hydroxyl groups excluding tert-OH is 1. The van der Waals surface area contributed by atoms with Gasteiger partial charge in [0.1, 0.15) is 19.1 Å². The van der Waals surface area contributed by atoms with Crippen LogP contribution in [0.25, 0.3) is 0 Å². The Morgan fingerprint density at radius 3 is 2.26 bits per heavy atom. The number of carbonyl (C=O) groups is 1. The molecule has 0 spiro atoms. The van der Waals surface area contributed by atoms with Crippen molar-refractivity contribution in [1.82, 2.24) is 0 Å². The van der Waals surface area contributed by atoms with Gasteiger partial charge in [-0.15, -0.1) is 0 Å². The van der Waals surface area contributed by atoms with E-state index in [4.69, 9.17) is 0 Å². The molecule has 1 amide bonds. The minimum Gasteiger partial charge on any atom is -0.498 e. The smallest absolute Gasteiger partial charge is 0.263 e. The van der Waals surface area contributed by atoms with Crippen LogP contribution in [0.1, 0.15) is 78.1 Å². The maximum Gasteiger partial charge on any atom is 0.263 e. The van der Waals surface area contributed by atoms with E-state index < -0.39 is 6.09 Å². The van der Waals surface area contributed by atoms with Gasteiger partial charge in [-0.25, -0.2) is 9.48 Å². The van der Waals surface area contributed by atoms with Crippen LogP contribution in [-0.4, -0.2) is 47.3 Å². The topological polar surface area (TPSA) is 72.7 Å². The Kier molecular flexibility index (Phi) is 9.41. The van der Waals surface area contributed by atoms with Gasteiger partial charge in [-0.05, 0) is 13.3 Å². The lowest BCUT2D eigenvalue weighted by Gasteiger charge is -2.33. The first kappa shape index (κ1) is 20.1. The molecular weight excluding hydrogens is 292 g/mol. The second-order valence-corrected chi connectivity index (χ2v) is 6.84. The van der Waals surface area contributed by atoms with Gasteiger partial charge in [0, 0.05) is 6.42 Å². The molecule has 0 aliphatic carbocycles. The molecule has 5 nitrogen and oxygen atoms in total. The van der Waals surface area contributed by atoms with E-state index in [0.717, 1.165) is 12.8 Å². The minimum atomic E-state index is -1.13. The molecule has 2 atom stereocenters. The lowest BCUT2D eigenvalue weighted by molar-refractivity contribution is -0.788. The average molecular weight is 326 g/mol. The molecule has 1 rings (SSSR count). The lowest BCUT2D eigenvalue weighted by atomic mass is 10.1. The SMILES string of the molecule is CCCCCCCCCCCC1=NC(C)C[N+]1(CCO)C(=O)[O-]. The Labute approximate surface area is 141 Å². The van der Waals surface area contributed by atoms with Crippen LogP contribution in [0.5, 0.6) is 0 Å². The van der Waals surface area contributed by atoms with E-state index in [1.165, 1.54) is 44.9 Å². The van der Waals surface area contributed by atoms with Crippen LogP contribution in [0.3, 0.4) is 0 Å². The van der Waals surface area contributed by atoms with E-state index >= 15 is 0 Å². The molecule has 0 saturated heterocycles.